The number of anilines is 2. The smallest absolute Gasteiger partial charge is 0.414 e. The summed E-state index contributed by atoms with van der Waals surface area (Å²) in [4.78, 5) is 27.5. The first kappa shape index (κ1) is 19.0. The molecule has 0 radical (unpaired) electrons. The van der Waals surface area contributed by atoms with Crippen LogP contribution in [0.15, 0.2) is 18.2 Å². The summed E-state index contributed by atoms with van der Waals surface area (Å²) in [6.07, 6.45) is -0.879. The van der Waals surface area contributed by atoms with Crippen molar-refractivity contribution in [1.29, 1.82) is 0 Å². The summed E-state index contributed by atoms with van der Waals surface area (Å²) in [6.45, 7) is 7.39. The van der Waals surface area contributed by atoms with Gasteiger partial charge in [0.05, 0.1) is 23.8 Å². The van der Waals surface area contributed by atoms with Crippen molar-refractivity contribution in [3.63, 3.8) is 0 Å². The number of amides is 1. The van der Waals surface area contributed by atoms with Gasteiger partial charge in [-0.3, -0.25) is 9.69 Å². The van der Waals surface area contributed by atoms with Gasteiger partial charge in [0.2, 0.25) is 0 Å². The highest BCUT2D eigenvalue weighted by atomic mass is 19.1. The molecule has 8 heteroatoms. The Morgan fingerprint density at radius 2 is 1.96 bits per heavy atom. The van der Waals surface area contributed by atoms with Crippen molar-refractivity contribution < 1.29 is 23.5 Å². The number of piperidine rings is 1. The number of halogens is 1. The maximum absolute atomic E-state index is 14.7. The third kappa shape index (κ3) is 3.41. The molecule has 2 aliphatic heterocycles. The topological polar surface area (TPSA) is 85.1 Å². The SMILES string of the molecule is CC(C)(C)OC(=O)C1C2CN(c3ccc(N4CC(CN)OC4=O)cc3F)CC21. The molecule has 3 unspecified atom stereocenters. The molecule has 3 fully saturated rings. The molecule has 2 heterocycles. The van der Waals surface area contributed by atoms with Crippen LogP contribution in [0.25, 0.3) is 0 Å². The molecule has 0 aromatic heterocycles. The molecule has 1 amide bonds. The second-order valence-corrected chi connectivity index (χ2v) is 8.78. The highest BCUT2D eigenvalue weighted by Crippen LogP contribution is 2.53. The molecular formula is C20H26FN3O4. The lowest BCUT2D eigenvalue weighted by Gasteiger charge is -2.25. The number of hydrogen-bond donors (Lipinski definition) is 1. The zero-order valence-electron chi connectivity index (χ0n) is 16.4. The molecule has 1 aromatic carbocycles. The number of rotatable bonds is 4. The van der Waals surface area contributed by atoms with Crippen molar-refractivity contribution in [3.05, 3.63) is 24.0 Å². The van der Waals surface area contributed by atoms with Crippen LogP contribution in [0.4, 0.5) is 20.6 Å². The van der Waals surface area contributed by atoms with E-state index in [4.69, 9.17) is 15.2 Å². The van der Waals surface area contributed by atoms with Crippen molar-refractivity contribution in [2.75, 3.05) is 36.0 Å². The van der Waals surface area contributed by atoms with Gasteiger partial charge in [-0.05, 0) is 50.8 Å². The Morgan fingerprint density at radius 3 is 2.50 bits per heavy atom. The lowest BCUT2D eigenvalue weighted by Crippen LogP contribution is -2.31. The van der Waals surface area contributed by atoms with Gasteiger partial charge in [0.15, 0.2) is 0 Å². The van der Waals surface area contributed by atoms with Crippen molar-refractivity contribution in [2.45, 2.75) is 32.5 Å². The number of nitrogens with zero attached hydrogens (tertiary/aromatic N) is 2. The van der Waals surface area contributed by atoms with E-state index >= 15 is 0 Å². The van der Waals surface area contributed by atoms with Gasteiger partial charge < -0.3 is 20.1 Å². The largest absolute Gasteiger partial charge is 0.460 e. The molecule has 1 aliphatic carbocycles. The Morgan fingerprint density at radius 1 is 1.29 bits per heavy atom. The summed E-state index contributed by atoms with van der Waals surface area (Å²) >= 11 is 0. The number of hydrogen-bond acceptors (Lipinski definition) is 6. The number of cyclic esters (lactones) is 1. The van der Waals surface area contributed by atoms with Crippen LogP contribution in [0.3, 0.4) is 0 Å². The minimum Gasteiger partial charge on any atom is -0.460 e. The number of benzene rings is 1. The van der Waals surface area contributed by atoms with E-state index < -0.39 is 17.5 Å². The first-order valence-corrected chi connectivity index (χ1v) is 9.63. The van der Waals surface area contributed by atoms with Crippen molar-refractivity contribution in [1.82, 2.24) is 0 Å². The van der Waals surface area contributed by atoms with E-state index in [0.29, 0.717) is 31.0 Å². The van der Waals surface area contributed by atoms with Gasteiger partial charge in [0.1, 0.15) is 17.5 Å². The molecule has 1 aromatic rings. The second kappa shape index (κ2) is 6.62. The van der Waals surface area contributed by atoms with Crippen LogP contribution < -0.4 is 15.5 Å². The standard InChI is InChI=1S/C20H26FN3O4/c1-20(2,3)28-18(25)17-13-9-23(10-14(13)17)16-5-4-11(6-15(16)21)24-8-12(7-22)27-19(24)26/h4-6,12-14,17H,7-10,22H2,1-3H3. The number of ether oxygens (including phenoxy) is 2. The van der Waals surface area contributed by atoms with Crippen LogP contribution in [-0.2, 0) is 14.3 Å². The lowest BCUT2D eigenvalue weighted by atomic mass is 10.1. The first-order valence-electron chi connectivity index (χ1n) is 9.63. The quantitative estimate of drug-likeness (QED) is 0.792. The Labute approximate surface area is 163 Å². The van der Waals surface area contributed by atoms with E-state index in [-0.39, 0.29) is 36.4 Å². The average molecular weight is 391 g/mol. The molecule has 0 spiro atoms. The maximum Gasteiger partial charge on any atom is 0.414 e. The van der Waals surface area contributed by atoms with E-state index in [9.17, 15) is 14.0 Å². The zero-order chi connectivity index (χ0) is 20.2. The fraction of sp³-hybridized carbons (Fsp3) is 0.600. The Balaban J connectivity index is 1.40. The summed E-state index contributed by atoms with van der Waals surface area (Å²) in [5, 5.41) is 0. The van der Waals surface area contributed by atoms with Crippen LogP contribution in [0.2, 0.25) is 0 Å². The summed E-state index contributed by atoms with van der Waals surface area (Å²) in [5.41, 5.74) is 5.99. The second-order valence-electron chi connectivity index (χ2n) is 8.78. The van der Waals surface area contributed by atoms with Crippen LogP contribution in [0, 0.1) is 23.6 Å². The molecule has 2 saturated heterocycles. The number of nitrogens with two attached hydrogens (primary N) is 1. The molecule has 28 heavy (non-hydrogen) atoms. The molecule has 2 N–H and O–H groups in total. The molecule has 3 atom stereocenters. The Hall–Kier alpha value is -2.35. The van der Waals surface area contributed by atoms with Gasteiger partial charge in [0, 0.05) is 19.6 Å². The summed E-state index contributed by atoms with van der Waals surface area (Å²) in [6, 6.07) is 4.75. The predicted octanol–water partition coefficient (Wildman–Crippen LogP) is 2.13. The van der Waals surface area contributed by atoms with E-state index in [0.717, 1.165) is 0 Å². The van der Waals surface area contributed by atoms with E-state index in [2.05, 4.69) is 0 Å². The van der Waals surface area contributed by atoms with Crippen molar-refractivity contribution in [3.8, 4) is 0 Å². The normalized spacial score (nSPS) is 29.0. The minimum absolute atomic E-state index is 0.0784. The fourth-order valence-corrected chi connectivity index (χ4v) is 4.22. The Bertz CT molecular complexity index is 797. The van der Waals surface area contributed by atoms with Gasteiger partial charge in [-0.15, -0.1) is 0 Å². The molecular weight excluding hydrogens is 365 g/mol. The van der Waals surface area contributed by atoms with Crippen LogP contribution in [0.1, 0.15) is 20.8 Å². The van der Waals surface area contributed by atoms with Gasteiger partial charge in [0.25, 0.3) is 0 Å². The third-order valence-corrected chi connectivity index (χ3v) is 5.59. The molecule has 7 nitrogen and oxygen atoms in total. The van der Waals surface area contributed by atoms with Gasteiger partial charge in [-0.1, -0.05) is 0 Å². The van der Waals surface area contributed by atoms with E-state index in [1.807, 2.05) is 25.7 Å². The predicted molar refractivity (Wildman–Crippen MR) is 102 cm³/mol. The third-order valence-electron chi connectivity index (χ3n) is 5.59. The molecule has 1 saturated carbocycles. The number of esters is 1. The molecule has 3 aliphatic rings. The maximum atomic E-state index is 14.7. The number of fused-ring (bicyclic) bond motifs is 1. The molecule has 4 rings (SSSR count). The van der Waals surface area contributed by atoms with Crippen LogP contribution in [0.5, 0.6) is 0 Å². The summed E-state index contributed by atoms with van der Waals surface area (Å²) < 4.78 is 25.3. The monoisotopic (exact) mass is 391 g/mol. The highest BCUT2D eigenvalue weighted by Gasteiger charge is 2.61. The number of carbonyl (C=O) groups is 2. The van der Waals surface area contributed by atoms with Crippen LogP contribution >= 0.6 is 0 Å². The van der Waals surface area contributed by atoms with Gasteiger partial charge >= 0.3 is 12.1 Å². The Kier molecular flexibility index (Phi) is 4.49. The minimum atomic E-state index is -0.509. The van der Waals surface area contributed by atoms with E-state index in [1.54, 1.807) is 12.1 Å². The van der Waals surface area contributed by atoms with Gasteiger partial charge in [-0.25, -0.2) is 9.18 Å². The lowest BCUT2D eigenvalue weighted by molar-refractivity contribution is -0.157. The van der Waals surface area contributed by atoms with Crippen molar-refractivity contribution >= 4 is 23.4 Å². The summed E-state index contributed by atoms with van der Waals surface area (Å²) in [7, 11) is 0. The summed E-state index contributed by atoms with van der Waals surface area (Å²) in [5.74, 6) is -0.192. The molecule has 0 bridgehead atoms. The van der Waals surface area contributed by atoms with E-state index in [1.165, 1.54) is 11.0 Å². The molecule has 152 valence electrons. The number of carbonyl (C=O) groups excluding carboxylic acids is 2. The van der Waals surface area contributed by atoms with Crippen molar-refractivity contribution in [2.24, 2.45) is 23.5 Å². The fourth-order valence-electron chi connectivity index (χ4n) is 4.22. The zero-order valence-corrected chi connectivity index (χ0v) is 16.4. The highest BCUT2D eigenvalue weighted by molar-refractivity contribution is 5.90. The van der Waals surface area contributed by atoms with Crippen LogP contribution in [-0.4, -0.2) is 49.9 Å². The average Bonchev–Trinajstić information content (AvgIpc) is 2.94. The van der Waals surface area contributed by atoms with Gasteiger partial charge in [-0.2, -0.15) is 0 Å². The first-order chi connectivity index (χ1) is 13.2.